The van der Waals surface area contributed by atoms with Crippen LogP contribution < -0.4 is 5.32 Å². The molecule has 1 atom stereocenters. The van der Waals surface area contributed by atoms with Gasteiger partial charge >= 0.3 is 0 Å². The molecule has 1 unspecified atom stereocenters. The van der Waals surface area contributed by atoms with Crippen LogP contribution in [0.1, 0.15) is 33.3 Å². The number of hydrogen-bond donors (Lipinski definition) is 1. The fourth-order valence-electron chi connectivity index (χ4n) is 1.72. The van der Waals surface area contributed by atoms with Crippen LogP contribution in [0.25, 0.3) is 0 Å². The summed E-state index contributed by atoms with van der Waals surface area (Å²) >= 11 is 2.33. The third-order valence-corrected chi connectivity index (χ3v) is 4.30. The number of rotatable bonds is 5. The highest BCUT2D eigenvalue weighted by molar-refractivity contribution is 14.1. The lowest BCUT2D eigenvalue weighted by atomic mass is 9.83. The lowest BCUT2D eigenvalue weighted by molar-refractivity contribution is -0.126. The third-order valence-electron chi connectivity index (χ3n) is 3.35. The van der Waals surface area contributed by atoms with E-state index < -0.39 is 5.41 Å². The number of carbonyl (C=O) groups excluding carboxylic acids is 1. The van der Waals surface area contributed by atoms with E-state index in [2.05, 4.69) is 41.8 Å². The number of nitrogens with one attached hydrogen (secondary N) is 1. The van der Waals surface area contributed by atoms with E-state index in [9.17, 15) is 4.79 Å². The Bertz CT molecular complexity index is 387. The third kappa shape index (κ3) is 3.70. The maximum Gasteiger partial charge on any atom is 0.230 e. The van der Waals surface area contributed by atoms with Crippen LogP contribution in [0, 0.1) is 5.92 Å². The zero-order valence-electron chi connectivity index (χ0n) is 11.5. The Labute approximate surface area is 124 Å². The number of benzene rings is 1. The van der Waals surface area contributed by atoms with Crippen molar-refractivity contribution in [3.63, 3.8) is 0 Å². The van der Waals surface area contributed by atoms with Gasteiger partial charge in [-0.2, -0.15) is 0 Å². The summed E-state index contributed by atoms with van der Waals surface area (Å²) in [4.78, 5) is 12.4. The van der Waals surface area contributed by atoms with E-state index in [4.69, 9.17) is 0 Å². The number of amides is 1. The Morgan fingerprint density at radius 3 is 2.28 bits per heavy atom. The van der Waals surface area contributed by atoms with Crippen LogP contribution in [0.15, 0.2) is 30.3 Å². The average molecular weight is 359 g/mol. The predicted molar refractivity (Wildman–Crippen MR) is 85.1 cm³/mol. The molecule has 18 heavy (non-hydrogen) atoms. The van der Waals surface area contributed by atoms with Gasteiger partial charge in [0.1, 0.15) is 0 Å². The molecular weight excluding hydrogens is 337 g/mol. The average Bonchev–Trinajstić information content (AvgIpc) is 2.36. The van der Waals surface area contributed by atoms with Crippen molar-refractivity contribution >= 4 is 28.5 Å². The second-order valence-corrected chi connectivity index (χ2v) is 6.35. The second-order valence-electron chi connectivity index (χ2n) is 5.47. The summed E-state index contributed by atoms with van der Waals surface area (Å²) in [6.45, 7) is 8.22. The molecule has 3 heteroatoms. The molecule has 1 aromatic carbocycles. The van der Waals surface area contributed by atoms with Crippen LogP contribution in [0.2, 0.25) is 0 Å². The highest BCUT2D eigenvalue weighted by Gasteiger charge is 2.31. The minimum Gasteiger partial charge on any atom is -0.352 e. The van der Waals surface area contributed by atoms with E-state index in [0.717, 1.165) is 9.99 Å². The number of halogens is 1. The van der Waals surface area contributed by atoms with E-state index in [0.29, 0.717) is 5.92 Å². The van der Waals surface area contributed by atoms with Gasteiger partial charge in [0, 0.05) is 10.5 Å². The van der Waals surface area contributed by atoms with Gasteiger partial charge in [0.05, 0.1) is 5.41 Å². The summed E-state index contributed by atoms with van der Waals surface area (Å²) in [7, 11) is 0. The van der Waals surface area contributed by atoms with Crippen LogP contribution in [0.4, 0.5) is 0 Å². The molecule has 0 saturated heterocycles. The van der Waals surface area contributed by atoms with Gasteiger partial charge in [-0.25, -0.2) is 0 Å². The van der Waals surface area contributed by atoms with Crippen molar-refractivity contribution in [2.45, 2.75) is 39.2 Å². The van der Waals surface area contributed by atoms with Crippen LogP contribution in [0.3, 0.4) is 0 Å². The quantitative estimate of drug-likeness (QED) is 0.632. The Morgan fingerprint density at radius 2 is 1.83 bits per heavy atom. The van der Waals surface area contributed by atoms with Gasteiger partial charge in [0.25, 0.3) is 0 Å². The Kier molecular flexibility index (Phi) is 5.63. The molecule has 1 rings (SSSR count). The molecule has 0 saturated carbocycles. The summed E-state index contributed by atoms with van der Waals surface area (Å²) < 4.78 is 0.937. The molecule has 0 bridgehead atoms. The molecular formula is C15H22INO. The topological polar surface area (TPSA) is 29.1 Å². The molecule has 0 aliphatic rings. The standard InChI is InChI=1S/C15H22INO/c1-11(2)13(10-16)17-14(18)15(3,4)12-8-6-5-7-9-12/h5-9,11,13H,10H2,1-4H3,(H,17,18). The first kappa shape index (κ1) is 15.5. The van der Waals surface area contributed by atoms with Crippen LogP contribution in [-0.2, 0) is 10.2 Å². The fraction of sp³-hybridized carbons (Fsp3) is 0.533. The Balaban J connectivity index is 2.83. The highest BCUT2D eigenvalue weighted by Crippen LogP contribution is 2.23. The largest absolute Gasteiger partial charge is 0.352 e. The summed E-state index contributed by atoms with van der Waals surface area (Å²) in [5.41, 5.74) is 0.568. The normalized spacial score (nSPS) is 13.4. The summed E-state index contributed by atoms with van der Waals surface area (Å²) in [5, 5.41) is 3.16. The molecule has 0 heterocycles. The van der Waals surface area contributed by atoms with Gasteiger partial charge < -0.3 is 5.32 Å². The van der Waals surface area contributed by atoms with E-state index >= 15 is 0 Å². The van der Waals surface area contributed by atoms with Gasteiger partial charge in [-0.15, -0.1) is 0 Å². The van der Waals surface area contributed by atoms with Crippen molar-refractivity contribution in [2.75, 3.05) is 4.43 Å². The van der Waals surface area contributed by atoms with Gasteiger partial charge in [-0.3, -0.25) is 4.79 Å². The summed E-state index contributed by atoms with van der Waals surface area (Å²) in [6, 6.07) is 10.2. The fourth-order valence-corrected chi connectivity index (χ4v) is 2.96. The molecule has 0 aliphatic heterocycles. The van der Waals surface area contributed by atoms with Crippen molar-refractivity contribution in [3.8, 4) is 0 Å². The molecule has 2 nitrogen and oxygen atoms in total. The smallest absolute Gasteiger partial charge is 0.230 e. The lowest BCUT2D eigenvalue weighted by Gasteiger charge is -2.28. The zero-order valence-corrected chi connectivity index (χ0v) is 13.7. The van der Waals surface area contributed by atoms with E-state index in [-0.39, 0.29) is 11.9 Å². The minimum absolute atomic E-state index is 0.101. The van der Waals surface area contributed by atoms with Crippen molar-refractivity contribution in [3.05, 3.63) is 35.9 Å². The lowest BCUT2D eigenvalue weighted by Crippen LogP contribution is -2.47. The second kappa shape index (κ2) is 6.55. The van der Waals surface area contributed by atoms with Gasteiger partial charge in [0.2, 0.25) is 5.91 Å². The van der Waals surface area contributed by atoms with E-state index in [1.807, 2.05) is 44.2 Å². The van der Waals surface area contributed by atoms with E-state index in [1.165, 1.54) is 0 Å². The molecule has 100 valence electrons. The summed E-state index contributed by atoms with van der Waals surface area (Å²) in [5.74, 6) is 0.557. The number of carbonyl (C=O) groups is 1. The highest BCUT2D eigenvalue weighted by atomic mass is 127. The van der Waals surface area contributed by atoms with Gasteiger partial charge in [-0.05, 0) is 25.3 Å². The minimum atomic E-state index is -0.486. The molecule has 1 amide bonds. The van der Waals surface area contributed by atoms with Crippen LogP contribution >= 0.6 is 22.6 Å². The van der Waals surface area contributed by atoms with Gasteiger partial charge in [-0.1, -0.05) is 66.8 Å². The van der Waals surface area contributed by atoms with Gasteiger partial charge in [0.15, 0.2) is 0 Å². The maximum atomic E-state index is 12.4. The SMILES string of the molecule is CC(C)C(CI)NC(=O)C(C)(C)c1ccccc1. The molecule has 0 aromatic heterocycles. The van der Waals surface area contributed by atoms with Crippen LogP contribution in [-0.4, -0.2) is 16.4 Å². The van der Waals surface area contributed by atoms with Crippen molar-refractivity contribution in [1.82, 2.24) is 5.32 Å². The Hall–Kier alpha value is -0.580. The van der Waals surface area contributed by atoms with E-state index in [1.54, 1.807) is 0 Å². The first-order valence-corrected chi connectivity index (χ1v) is 7.84. The molecule has 1 N–H and O–H groups in total. The van der Waals surface area contributed by atoms with Crippen molar-refractivity contribution in [1.29, 1.82) is 0 Å². The first-order valence-electron chi connectivity index (χ1n) is 6.32. The molecule has 0 fully saturated rings. The van der Waals surface area contributed by atoms with Crippen molar-refractivity contribution in [2.24, 2.45) is 5.92 Å². The monoisotopic (exact) mass is 359 g/mol. The molecule has 1 aromatic rings. The first-order chi connectivity index (χ1) is 8.39. The number of alkyl halides is 1. The Morgan fingerprint density at radius 1 is 1.28 bits per heavy atom. The molecule has 0 radical (unpaired) electrons. The molecule has 0 aliphatic carbocycles. The maximum absolute atomic E-state index is 12.4. The van der Waals surface area contributed by atoms with Crippen LogP contribution in [0.5, 0.6) is 0 Å². The predicted octanol–water partition coefficient (Wildman–Crippen LogP) is 3.54. The summed E-state index contributed by atoms with van der Waals surface area (Å²) in [6.07, 6.45) is 0. The zero-order chi connectivity index (χ0) is 13.8. The molecule has 0 spiro atoms. The number of hydrogen-bond acceptors (Lipinski definition) is 1. The van der Waals surface area contributed by atoms with Crippen molar-refractivity contribution < 1.29 is 4.79 Å².